The summed E-state index contributed by atoms with van der Waals surface area (Å²) >= 11 is 7.24. The molecule has 0 unspecified atom stereocenters. The van der Waals surface area contributed by atoms with Crippen LogP contribution < -0.4 is 10.1 Å². The van der Waals surface area contributed by atoms with E-state index >= 15 is 0 Å². The molecule has 0 saturated carbocycles. The number of amides is 1. The lowest BCUT2D eigenvalue weighted by molar-refractivity contribution is -0.117. The second-order valence-electron chi connectivity index (χ2n) is 5.53. The van der Waals surface area contributed by atoms with Gasteiger partial charge in [-0.2, -0.15) is 5.26 Å². The van der Waals surface area contributed by atoms with Crippen LogP contribution in [0.4, 0.5) is 5.69 Å². The van der Waals surface area contributed by atoms with Gasteiger partial charge in [-0.25, -0.2) is 0 Å². The molecule has 2 rings (SSSR count). The summed E-state index contributed by atoms with van der Waals surface area (Å²) in [6.07, 6.45) is 0. The fourth-order valence-electron chi connectivity index (χ4n) is 2.17. The number of hydrogen-bond acceptors (Lipinski definition) is 5. The number of rotatable bonds is 9. The van der Waals surface area contributed by atoms with Crippen molar-refractivity contribution in [2.45, 2.75) is 4.90 Å². The van der Waals surface area contributed by atoms with Crippen LogP contribution in [0.5, 0.6) is 5.75 Å². The molecule has 5 nitrogen and oxygen atoms in total. The fourth-order valence-corrected chi connectivity index (χ4v) is 2.97. The molecule has 0 radical (unpaired) electrons. The Labute approximate surface area is 162 Å². The van der Waals surface area contributed by atoms with Crippen molar-refractivity contribution in [3.05, 3.63) is 53.6 Å². The maximum Gasteiger partial charge on any atom is 0.238 e. The van der Waals surface area contributed by atoms with Crippen LogP contribution >= 0.6 is 23.4 Å². The van der Waals surface area contributed by atoms with Crippen molar-refractivity contribution in [2.75, 3.05) is 37.8 Å². The third kappa shape index (κ3) is 6.96. The standard InChI is InChI=1S/C19H20ClN3O2S/c1-23(11-12-25-16-8-6-15(20)7-9-16)14-19(24)22-17-4-2-3-5-18(17)26-13-10-21/h2-9H,11-14H2,1H3,(H,22,24). The second-order valence-corrected chi connectivity index (χ2v) is 6.98. The van der Waals surface area contributed by atoms with Crippen molar-refractivity contribution < 1.29 is 9.53 Å². The Kier molecular flexibility index (Phi) is 8.29. The number of anilines is 1. The van der Waals surface area contributed by atoms with E-state index in [0.29, 0.717) is 23.9 Å². The maximum absolute atomic E-state index is 12.2. The number of thioether (sulfide) groups is 1. The number of likely N-dealkylation sites (N-methyl/N-ethyl adjacent to an activating group) is 1. The van der Waals surface area contributed by atoms with Gasteiger partial charge in [0.2, 0.25) is 5.91 Å². The molecule has 2 aromatic carbocycles. The molecule has 136 valence electrons. The summed E-state index contributed by atoms with van der Waals surface area (Å²) in [4.78, 5) is 15.0. The van der Waals surface area contributed by atoms with E-state index in [1.165, 1.54) is 11.8 Å². The first-order valence-electron chi connectivity index (χ1n) is 8.04. The molecule has 1 amide bonds. The van der Waals surface area contributed by atoms with E-state index in [9.17, 15) is 4.79 Å². The van der Waals surface area contributed by atoms with Crippen LogP contribution in [0.1, 0.15) is 0 Å². The molecule has 1 N–H and O–H groups in total. The van der Waals surface area contributed by atoms with E-state index in [2.05, 4.69) is 11.4 Å². The SMILES string of the molecule is CN(CCOc1ccc(Cl)cc1)CC(=O)Nc1ccccc1SCC#N. The lowest BCUT2D eigenvalue weighted by Gasteiger charge is -2.17. The highest BCUT2D eigenvalue weighted by atomic mass is 35.5. The number of ether oxygens (including phenoxy) is 1. The molecule has 0 bridgehead atoms. The molecule has 2 aromatic rings. The molecule has 0 aliphatic carbocycles. The number of nitriles is 1. The van der Waals surface area contributed by atoms with Gasteiger partial charge in [-0.05, 0) is 43.4 Å². The second kappa shape index (κ2) is 10.7. The smallest absolute Gasteiger partial charge is 0.238 e. The minimum absolute atomic E-state index is 0.107. The average Bonchev–Trinajstić information content (AvgIpc) is 2.62. The predicted molar refractivity (Wildman–Crippen MR) is 106 cm³/mol. The van der Waals surface area contributed by atoms with E-state index in [0.717, 1.165) is 16.3 Å². The summed E-state index contributed by atoms with van der Waals surface area (Å²) in [6.45, 7) is 1.34. The van der Waals surface area contributed by atoms with E-state index in [4.69, 9.17) is 21.6 Å². The van der Waals surface area contributed by atoms with Gasteiger partial charge in [-0.3, -0.25) is 9.69 Å². The summed E-state index contributed by atoms with van der Waals surface area (Å²) in [7, 11) is 1.86. The molecule has 0 spiro atoms. The first kappa shape index (κ1) is 20.1. The molecule has 0 atom stereocenters. The third-order valence-electron chi connectivity index (χ3n) is 3.42. The van der Waals surface area contributed by atoms with Crippen molar-refractivity contribution in [3.63, 3.8) is 0 Å². The summed E-state index contributed by atoms with van der Waals surface area (Å²) in [5.74, 6) is 0.981. The molecular formula is C19H20ClN3O2S. The van der Waals surface area contributed by atoms with Crippen molar-refractivity contribution >= 4 is 35.0 Å². The highest BCUT2D eigenvalue weighted by Gasteiger charge is 2.10. The zero-order chi connectivity index (χ0) is 18.8. The Bertz CT molecular complexity index is 762. The fraction of sp³-hybridized carbons (Fsp3) is 0.263. The van der Waals surface area contributed by atoms with Gasteiger partial charge in [0.1, 0.15) is 12.4 Å². The first-order chi connectivity index (χ1) is 12.6. The van der Waals surface area contributed by atoms with E-state index < -0.39 is 0 Å². The van der Waals surface area contributed by atoms with Crippen LogP contribution in [0.3, 0.4) is 0 Å². The largest absolute Gasteiger partial charge is 0.492 e. The highest BCUT2D eigenvalue weighted by molar-refractivity contribution is 7.99. The third-order valence-corrected chi connectivity index (χ3v) is 4.61. The van der Waals surface area contributed by atoms with E-state index in [-0.39, 0.29) is 12.5 Å². The molecule has 0 heterocycles. The zero-order valence-electron chi connectivity index (χ0n) is 14.4. The van der Waals surface area contributed by atoms with Gasteiger partial charge in [-0.15, -0.1) is 11.8 Å². The molecule has 0 aromatic heterocycles. The molecule has 0 aliphatic rings. The van der Waals surface area contributed by atoms with Crippen LogP contribution in [0.2, 0.25) is 5.02 Å². The highest BCUT2D eigenvalue weighted by Crippen LogP contribution is 2.26. The van der Waals surface area contributed by atoms with Gasteiger partial charge in [0.05, 0.1) is 24.1 Å². The van der Waals surface area contributed by atoms with Crippen LogP contribution in [0.15, 0.2) is 53.4 Å². The van der Waals surface area contributed by atoms with Crippen LogP contribution in [0.25, 0.3) is 0 Å². The van der Waals surface area contributed by atoms with Crippen LogP contribution in [-0.4, -0.2) is 43.3 Å². The molecule has 0 fully saturated rings. The van der Waals surface area contributed by atoms with Gasteiger partial charge < -0.3 is 10.1 Å². The van der Waals surface area contributed by atoms with E-state index in [1.54, 1.807) is 12.1 Å². The topological polar surface area (TPSA) is 65.4 Å². The normalized spacial score (nSPS) is 10.4. The van der Waals surface area contributed by atoms with Gasteiger partial charge in [0.25, 0.3) is 0 Å². The number of nitrogens with one attached hydrogen (secondary N) is 1. The quantitative estimate of drug-likeness (QED) is 0.659. The number of hydrogen-bond donors (Lipinski definition) is 1. The monoisotopic (exact) mass is 389 g/mol. The van der Waals surface area contributed by atoms with Crippen molar-refractivity contribution in [1.29, 1.82) is 5.26 Å². The molecule has 26 heavy (non-hydrogen) atoms. The van der Waals surface area contributed by atoms with Crippen molar-refractivity contribution in [3.8, 4) is 11.8 Å². The van der Waals surface area contributed by atoms with E-state index in [1.807, 2.05) is 48.3 Å². The number of halogens is 1. The summed E-state index contributed by atoms with van der Waals surface area (Å²) in [5.41, 5.74) is 0.726. The van der Waals surface area contributed by atoms with Crippen LogP contribution in [0, 0.1) is 11.3 Å². The van der Waals surface area contributed by atoms with Gasteiger partial charge in [0.15, 0.2) is 0 Å². The first-order valence-corrected chi connectivity index (χ1v) is 9.40. The van der Waals surface area contributed by atoms with Crippen molar-refractivity contribution in [2.24, 2.45) is 0 Å². The number of para-hydroxylation sites is 1. The summed E-state index contributed by atoms with van der Waals surface area (Å²) in [6, 6.07) is 16.7. The molecule has 0 aliphatic heterocycles. The lowest BCUT2D eigenvalue weighted by atomic mass is 10.3. The Morgan fingerprint density at radius 3 is 2.73 bits per heavy atom. The Morgan fingerprint density at radius 1 is 1.27 bits per heavy atom. The predicted octanol–water partition coefficient (Wildman–Crippen LogP) is 3.90. The molecule has 0 saturated heterocycles. The molecular weight excluding hydrogens is 370 g/mol. The number of benzene rings is 2. The molecule has 7 heteroatoms. The van der Waals surface area contributed by atoms with Gasteiger partial charge in [-0.1, -0.05) is 23.7 Å². The number of carbonyl (C=O) groups is 1. The lowest BCUT2D eigenvalue weighted by Crippen LogP contribution is -2.33. The minimum Gasteiger partial charge on any atom is -0.492 e. The minimum atomic E-state index is -0.107. The average molecular weight is 390 g/mol. The summed E-state index contributed by atoms with van der Waals surface area (Å²) in [5, 5.41) is 12.3. The number of nitrogens with zero attached hydrogens (tertiary/aromatic N) is 2. The number of carbonyl (C=O) groups excluding carboxylic acids is 1. The van der Waals surface area contributed by atoms with Crippen molar-refractivity contribution in [1.82, 2.24) is 4.90 Å². The summed E-state index contributed by atoms with van der Waals surface area (Å²) < 4.78 is 5.63. The maximum atomic E-state index is 12.2. The Balaban J connectivity index is 1.76. The zero-order valence-corrected chi connectivity index (χ0v) is 16.0. The van der Waals surface area contributed by atoms with Gasteiger partial charge in [0, 0.05) is 16.5 Å². The Hall–Kier alpha value is -2.20. The van der Waals surface area contributed by atoms with Crippen LogP contribution in [-0.2, 0) is 4.79 Å². The Morgan fingerprint density at radius 2 is 2.00 bits per heavy atom. The van der Waals surface area contributed by atoms with Gasteiger partial charge >= 0.3 is 0 Å².